The summed E-state index contributed by atoms with van der Waals surface area (Å²) in [4.78, 5) is 13.7. The highest BCUT2D eigenvalue weighted by Crippen LogP contribution is 2.30. The van der Waals surface area contributed by atoms with Crippen LogP contribution in [0.15, 0.2) is 30.6 Å². The standard InChI is InChI=1S/C22H27F3N6O/c1-13(2)31-12-27-18-19(26-11-14-4-3-5-15(10-14)22(23,24)25)29-21(30-20(18)31)28-16-6-8-17(32)9-7-16/h3-5,10,12-13,16-17,32H,6-9,11H2,1-2H3,(H2,26,28,29,30). The highest BCUT2D eigenvalue weighted by Gasteiger charge is 2.30. The predicted molar refractivity (Wildman–Crippen MR) is 116 cm³/mol. The van der Waals surface area contributed by atoms with E-state index in [0.29, 0.717) is 28.5 Å². The van der Waals surface area contributed by atoms with E-state index in [1.165, 1.54) is 6.07 Å². The molecule has 2 heterocycles. The number of rotatable bonds is 6. The molecule has 0 spiro atoms. The van der Waals surface area contributed by atoms with Crippen LogP contribution in [0.1, 0.15) is 56.7 Å². The molecular formula is C22H27F3N6O. The zero-order chi connectivity index (χ0) is 22.9. The lowest BCUT2D eigenvalue weighted by Gasteiger charge is -2.26. The summed E-state index contributed by atoms with van der Waals surface area (Å²) in [5, 5.41) is 16.2. The number of nitrogens with zero attached hydrogens (tertiary/aromatic N) is 4. The fourth-order valence-electron chi connectivity index (χ4n) is 3.93. The number of hydrogen-bond acceptors (Lipinski definition) is 6. The summed E-state index contributed by atoms with van der Waals surface area (Å²) in [6.07, 6.45) is 0.134. The van der Waals surface area contributed by atoms with E-state index >= 15 is 0 Å². The minimum Gasteiger partial charge on any atom is -0.393 e. The van der Waals surface area contributed by atoms with Crippen molar-refractivity contribution in [2.75, 3.05) is 10.6 Å². The van der Waals surface area contributed by atoms with Gasteiger partial charge in [-0.2, -0.15) is 23.1 Å². The quantitative estimate of drug-likeness (QED) is 0.504. The lowest BCUT2D eigenvalue weighted by atomic mass is 9.93. The Kier molecular flexibility index (Phi) is 6.23. The van der Waals surface area contributed by atoms with E-state index in [0.717, 1.165) is 37.8 Å². The average molecular weight is 448 g/mol. The second-order valence-electron chi connectivity index (χ2n) is 8.52. The average Bonchev–Trinajstić information content (AvgIpc) is 3.18. The van der Waals surface area contributed by atoms with Gasteiger partial charge in [-0.1, -0.05) is 12.1 Å². The van der Waals surface area contributed by atoms with Gasteiger partial charge in [0.2, 0.25) is 5.95 Å². The van der Waals surface area contributed by atoms with Crippen LogP contribution in [0.25, 0.3) is 11.2 Å². The van der Waals surface area contributed by atoms with Gasteiger partial charge in [0, 0.05) is 18.6 Å². The molecule has 0 amide bonds. The number of imidazole rings is 1. The molecule has 1 saturated carbocycles. The number of aliphatic hydroxyl groups is 1. The van der Waals surface area contributed by atoms with E-state index < -0.39 is 11.7 Å². The Labute approximate surface area is 184 Å². The van der Waals surface area contributed by atoms with Crippen molar-refractivity contribution in [1.29, 1.82) is 0 Å². The van der Waals surface area contributed by atoms with E-state index in [-0.39, 0.29) is 24.7 Å². The van der Waals surface area contributed by atoms with Gasteiger partial charge in [0.15, 0.2) is 17.0 Å². The maximum absolute atomic E-state index is 13.0. The van der Waals surface area contributed by atoms with Gasteiger partial charge in [-0.25, -0.2) is 4.98 Å². The van der Waals surface area contributed by atoms with Crippen molar-refractivity contribution in [1.82, 2.24) is 19.5 Å². The first kappa shape index (κ1) is 22.3. The van der Waals surface area contributed by atoms with E-state index in [1.54, 1.807) is 12.4 Å². The molecule has 0 atom stereocenters. The summed E-state index contributed by atoms with van der Waals surface area (Å²) in [7, 11) is 0. The van der Waals surface area contributed by atoms with Gasteiger partial charge < -0.3 is 20.3 Å². The van der Waals surface area contributed by atoms with Crippen LogP contribution < -0.4 is 10.6 Å². The number of fused-ring (bicyclic) bond motifs is 1. The minimum absolute atomic E-state index is 0.129. The fraction of sp³-hybridized carbons (Fsp3) is 0.500. The summed E-state index contributed by atoms with van der Waals surface area (Å²) in [5.41, 5.74) is 1.02. The Morgan fingerprint density at radius 3 is 2.59 bits per heavy atom. The number of anilines is 2. The predicted octanol–water partition coefficient (Wildman–Crippen LogP) is 4.75. The molecule has 1 fully saturated rings. The molecule has 0 aliphatic heterocycles. The lowest BCUT2D eigenvalue weighted by Crippen LogP contribution is -2.29. The molecule has 3 N–H and O–H groups in total. The van der Waals surface area contributed by atoms with Crippen molar-refractivity contribution in [3.63, 3.8) is 0 Å². The molecule has 32 heavy (non-hydrogen) atoms. The summed E-state index contributed by atoms with van der Waals surface area (Å²) in [6, 6.07) is 5.50. The molecule has 172 valence electrons. The normalized spacial score (nSPS) is 19.5. The highest BCUT2D eigenvalue weighted by molar-refractivity contribution is 5.84. The summed E-state index contributed by atoms with van der Waals surface area (Å²) in [5.74, 6) is 0.901. The van der Waals surface area contributed by atoms with Gasteiger partial charge in [0.25, 0.3) is 0 Å². The van der Waals surface area contributed by atoms with Crippen molar-refractivity contribution in [3.8, 4) is 0 Å². The van der Waals surface area contributed by atoms with Crippen LogP contribution in [-0.4, -0.2) is 36.8 Å². The Hall–Kier alpha value is -2.88. The van der Waals surface area contributed by atoms with Crippen molar-refractivity contribution >= 4 is 22.9 Å². The molecule has 1 aliphatic rings. The number of nitrogens with one attached hydrogen (secondary N) is 2. The molecule has 2 aromatic heterocycles. The molecule has 0 bridgehead atoms. The van der Waals surface area contributed by atoms with Crippen LogP contribution in [0.2, 0.25) is 0 Å². The number of halogens is 3. The van der Waals surface area contributed by atoms with Crippen molar-refractivity contribution < 1.29 is 18.3 Å². The van der Waals surface area contributed by atoms with Gasteiger partial charge in [0.05, 0.1) is 18.0 Å². The van der Waals surface area contributed by atoms with E-state index in [1.807, 2.05) is 18.4 Å². The Morgan fingerprint density at radius 2 is 1.91 bits per heavy atom. The molecule has 0 radical (unpaired) electrons. The molecule has 1 aromatic carbocycles. The van der Waals surface area contributed by atoms with Crippen molar-refractivity contribution in [3.05, 3.63) is 41.7 Å². The maximum atomic E-state index is 13.0. The molecule has 0 saturated heterocycles. The van der Waals surface area contributed by atoms with Crippen LogP contribution in [0, 0.1) is 0 Å². The van der Waals surface area contributed by atoms with Gasteiger partial charge in [-0.05, 0) is 57.2 Å². The third kappa shape index (κ3) is 4.95. The van der Waals surface area contributed by atoms with E-state index in [9.17, 15) is 18.3 Å². The molecule has 4 rings (SSSR count). The van der Waals surface area contributed by atoms with Gasteiger partial charge in [-0.15, -0.1) is 0 Å². The minimum atomic E-state index is -4.39. The van der Waals surface area contributed by atoms with Crippen molar-refractivity contribution in [2.45, 2.75) is 70.4 Å². The van der Waals surface area contributed by atoms with Crippen LogP contribution in [0.3, 0.4) is 0 Å². The fourth-order valence-corrected chi connectivity index (χ4v) is 3.93. The second kappa shape index (κ2) is 8.93. The number of benzene rings is 1. The van der Waals surface area contributed by atoms with Gasteiger partial charge in [0.1, 0.15) is 0 Å². The van der Waals surface area contributed by atoms with Gasteiger partial charge >= 0.3 is 6.18 Å². The molecule has 3 aromatic rings. The molecular weight excluding hydrogens is 421 g/mol. The Bertz CT molecular complexity index is 1070. The molecule has 1 aliphatic carbocycles. The number of alkyl halides is 3. The summed E-state index contributed by atoms with van der Waals surface area (Å²) >= 11 is 0. The first-order valence-corrected chi connectivity index (χ1v) is 10.8. The first-order valence-electron chi connectivity index (χ1n) is 10.8. The maximum Gasteiger partial charge on any atom is 0.416 e. The lowest BCUT2D eigenvalue weighted by molar-refractivity contribution is -0.137. The zero-order valence-corrected chi connectivity index (χ0v) is 18.0. The van der Waals surface area contributed by atoms with E-state index in [4.69, 9.17) is 0 Å². The van der Waals surface area contributed by atoms with Crippen LogP contribution in [0.4, 0.5) is 24.9 Å². The number of aromatic nitrogens is 4. The smallest absolute Gasteiger partial charge is 0.393 e. The van der Waals surface area contributed by atoms with Crippen LogP contribution in [-0.2, 0) is 12.7 Å². The van der Waals surface area contributed by atoms with Gasteiger partial charge in [-0.3, -0.25) is 0 Å². The SMILES string of the molecule is CC(C)n1cnc2c(NCc3cccc(C(F)(F)F)c3)nc(NC3CCC(O)CC3)nc21. The summed E-state index contributed by atoms with van der Waals surface area (Å²) < 4.78 is 41.1. The zero-order valence-electron chi connectivity index (χ0n) is 18.0. The third-order valence-corrected chi connectivity index (χ3v) is 5.72. The largest absolute Gasteiger partial charge is 0.416 e. The van der Waals surface area contributed by atoms with Crippen molar-refractivity contribution in [2.24, 2.45) is 0 Å². The van der Waals surface area contributed by atoms with E-state index in [2.05, 4.69) is 25.6 Å². The molecule has 0 unspecified atom stereocenters. The summed E-state index contributed by atoms with van der Waals surface area (Å²) in [6.45, 7) is 4.21. The first-order chi connectivity index (χ1) is 15.2. The number of hydrogen-bond donors (Lipinski definition) is 3. The molecule has 7 nitrogen and oxygen atoms in total. The van der Waals surface area contributed by atoms with Crippen LogP contribution >= 0.6 is 0 Å². The van der Waals surface area contributed by atoms with Crippen LogP contribution in [0.5, 0.6) is 0 Å². The Morgan fingerprint density at radius 1 is 1.16 bits per heavy atom. The molecule has 10 heteroatoms. The topological polar surface area (TPSA) is 87.9 Å². The highest BCUT2D eigenvalue weighted by atomic mass is 19.4. The monoisotopic (exact) mass is 448 g/mol. The third-order valence-electron chi connectivity index (χ3n) is 5.72. The number of aliphatic hydroxyl groups excluding tert-OH is 1. The Balaban J connectivity index is 1.61. The second-order valence-corrected chi connectivity index (χ2v) is 8.52.